The van der Waals surface area contributed by atoms with Crippen LogP contribution >= 0.6 is 15.9 Å². The summed E-state index contributed by atoms with van der Waals surface area (Å²) < 4.78 is 14.3. The minimum Gasteiger partial charge on any atom is -0.327 e. The minimum atomic E-state index is -0.208. The van der Waals surface area contributed by atoms with Crippen LogP contribution in [0.4, 0.5) is 4.39 Å². The molecule has 1 aliphatic carbocycles. The van der Waals surface area contributed by atoms with E-state index in [1.54, 1.807) is 12.1 Å². The number of halogens is 2. The third-order valence-electron chi connectivity index (χ3n) is 4.29. The molecule has 3 rings (SSSR count). The van der Waals surface area contributed by atoms with Crippen LogP contribution in [-0.4, -0.2) is 6.04 Å². The first-order valence-electron chi connectivity index (χ1n) is 6.87. The Bertz CT molecular complexity index is 608. The van der Waals surface area contributed by atoms with Gasteiger partial charge in [-0.15, -0.1) is 0 Å². The summed E-state index contributed by atoms with van der Waals surface area (Å²) >= 11 is 3.48. The zero-order chi connectivity index (χ0) is 14.2. The van der Waals surface area contributed by atoms with Crippen molar-refractivity contribution in [3.8, 4) is 0 Å². The van der Waals surface area contributed by atoms with Gasteiger partial charge in [0.15, 0.2) is 0 Å². The molecule has 104 valence electrons. The molecule has 1 fully saturated rings. The van der Waals surface area contributed by atoms with Crippen molar-refractivity contribution in [2.24, 2.45) is 5.73 Å². The van der Waals surface area contributed by atoms with E-state index in [0.29, 0.717) is 6.42 Å². The molecule has 0 bridgehead atoms. The highest BCUT2D eigenvalue weighted by Crippen LogP contribution is 2.51. The van der Waals surface area contributed by atoms with Crippen LogP contribution in [0.2, 0.25) is 0 Å². The average molecular weight is 334 g/mol. The summed E-state index contributed by atoms with van der Waals surface area (Å²) in [6.07, 6.45) is 2.92. The van der Waals surface area contributed by atoms with Gasteiger partial charge in [0.25, 0.3) is 0 Å². The lowest BCUT2D eigenvalue weighted by atomic mass is 9.85. The van der Waals surface area contributed by atoms with Gasteiger partial charge in [0.05, 0.1) is 0 Å². The highest BCUT2D eigenvalue weighted by molar-refractivity contribution is 9.10. The molecule has 20 heavy (non-hydrogen) atoms. The Labute approximate surface area is 127 Å². The summed E-state index contributed by atoms with van der Waals surface area (Å²) in [5.41, 5.74) is 8.78. The summed E-state index contributed by atoms with van der Waals surface area (Å²) in [5, 5.41) is 0. The summed E-state index contributed by atoms with van der Waals surface area (Å²) in [5.74, 6) is -0.208. The number of rotatable bonds is 4. The van der Waals surface area contributed by atoms with Crippen molar-refractivity contribution in [1.82, 2.24) is 0 Å². The molecule has 1 aliphatic rings. The molecule has 0 aliphatic heterocycles. The first-order valence-corrected chi connectivity index (χ1v) is 7.66. The lowest BCUT2D eigenvalue weighted by Gasteiger charge is -2.24. The normalized spacial score (nSPS) is 17.8. The molecule has 1 nitrogen and oxygen atoms in total. The second-order valence-corrected chi connectivity index (χ2v) is 6.42. The highest BCUT2D eigenvalue weighted by Gasteiger charge is 2.48. The predicted octanol–water partition coefficient (Wildman–Crippen LogP) is 4.19. The molecule has 2 N–H and O–H groups in total. The van der Waals surface area contributed by atoms with Gasteiger partial charge in [-0.3, -0.25) is 0 Å². The summed E-state index contributed by atoms with van der Waals surface area (Å²) in [7, 11) is 0. The van der Waals surface area contributed by atoms with Crippen LogP contribution in [0.5, 0.6) is 0 Å². The van der Waals surface area contributed by atoms with E-state index in [-0.39, 0.29) is 17.3 Å². The quantitative estimate of drug-likeness (QED) is 0.891. The molecule has 2 aromatic carbocycles. The Morgan fingerprint density at radius 3 is 2.50 bits per heavy atom. The van der Waals surface area contributed by atoms with Gasteiger partial charge in [-0.25, -0.2) is 4.39 Å². The van der Waals surface area contributed by atoms with Crippen molar-refractivity contribution in [2.75, 3.05) is 0 Å². The maximum atomic E-state index is 13.4. The van der Waals surface area contributed by atoms with Crippen LogP contribution in [0.15, 0.2) is 53.0 Å². The monoisotopic (exact) mass is 333 g/mol. The van der Waals surface area contributed by atoms with Crippen LogP contribution in [0.25, 0.3) is 0 Å². The third-order valence-corrected chi connectivity index (χ3v) is 5.07. The Morgan fingerprint density at radius 2 is 1.85 bits per heavy atom. The van der Waals surface area contributed by atoms with Gasteiger partial charge in [-0.1, -0.05) is 46.3 Å². The topological polar surface area (TPSA) is 26.0 Å². The smallest absolute Gasteiger partial charge is 0.123 e. The maximum absolute atomic E-state index is 13.4. The van der Waals surface area contributed by atoms with Gasteiger partial charge in [-0.2, -0.15) is 0 Å². The van der Waals surface area contributed by atoms with Gasteiger partial charge < -0.3 is 5.73 Å². The third kappa shape index (κ3) is 2.52. The van der Waals surface area contributed by atoms with Gasteiger partial charge in [0.1, 0.15) is 5.82 Å². The predicted molar refractivity (Wildman–Crippen MR) is 83.1 cm³/mol. The Kier molecular flexibility index (Phi) is 3.65. The van der Waals surface area contributed by atoms with Crippen LogP contribution in [0, 0.1) is 5.82 Å². The molecule has 0 heterocycles. The van der Waals surface area contributed by atoms with Gasteiger partial charge in [0, 0.05) is 15.9 Å². The Balaban J connectivity index is 1.83. The van der Waals surface area contributed by atoms with E-state index in [0.717, 1.165) is 22.9 Å². The van der Waals surface area contributed by atoms with E-state index < -0.39 is 0 Å². The molecule has 0 amide bonds. The summed E-state index contributed by atoms with van der Waals surface area (Å²) in [6.45, 7) is 0. The van der Waals surface area contributed by atoms with Crippen molar-refractivity contribution < 1.29 is 4.39 Å². The first kappa shape index (κ1) is 13.8. The fraction of sp³-hybridized carbons (Fsp3) is 0.294. The number of hydrogen-bond donors (Lipinski definition) is 1. The second kappa shape index (κ2) is 5.30. The van der Waals surface area contributed by atoms with Gasteiger partial charge in [0.2, 0.25) is 0 Å². The zero-order valence-corrected chi connectivity index (χ0v) is 12.7. The van der Waals surface area contributed by atoms with E-state index in [1.807, 2.05) is 6.07 Å². The lowest BCUT2D eigenvalue weighted by Crippen LogP contribution is -2.36. The molecular formula is C17H17BrFN. The molecule has 0 aromatic heterocycles. The molecule has 0 radical (unpaired) electrons. The highest BCUT2D eigenvalue weighted by atomic mass is 79.9. The van der Waals surface area contributed by atoms with E-state index in [2.05, 4.69) is 40.2 Å². The van der Waals surface area contributed by atoms with E-state index in [9.17, 15) is 4.39 Å². The van der Waals surface area contributed by atoms with Crippen LogP contribution in [0.1, 0.15) is 24.0 Å². The largest absolute Gasteiger partial charge is 0.327 e. The molecule has 0 saturated heterocycles. The summed E-state index contributed by atoms with van der Waals surface area (Å²) in [6, 6.07) is 15.2. The SMILES string of the molecule is NC(Cc1cc(F)ccc1Br)C1(c2ccccc2)CC1. The second-order valence-electron chi connectivity index (χ2n) is 5.57. The molecule has 0 spiro atoms. The Morgan fingerprint density at radius 1 is 1.15 bits per heavy atom. The molecule has 3 heteroatoms. The molecular weight excluding hydrogens is 317 g/mol. The summed E-state index contributed by atoms with van der Waals surface area (Å²) in [4.78, 5) is 0. The average Bonchev–Trinajstić information content (AvgIpc) is 3.25. The van der Waals surface area contributed by atoms with Crippen LogP contribution < -0.4 is 5.73 Å². The van der Waals surface area contributed by atoms with E-state index >= 15 is 0 Å². The fourth-order valence-corrected chi connectivity index (χ4v) is 3.32. The Hall–Kier alpha value is -1.19. The number of benzene rings is 2. The molecule has 1 atom stereocenters. The van der Waals surface area contributed by atoms with Crippen molar-refractivity contribution in [2.45, 2.75) is 30.7 Å². The molecule has 2 aromatic rings. The lowest BCUT2D eigenvalue weighted by molar-refractivity contribution is 0.511. The van der Waals surface area contributed by atoms with E-state index in [4.69, 9.17) is 5.73 Å². The van der Waals surface area contributed by atoms with E-state index in [1.165, 1.54) is 11.6 Å². The molecule has 1 saturated carbocycles. The van der Waals surface area contributed by atoms with Crippen molar-refractivity contribution in [3.63, 3.8) is 0 Å². The number of hydrogen-bond acceptors (Lipinski definition) is 1. The maximum Gasteiger partial charge on any atom is 0.123 e. The van der Waals surface area contributed by atoms with Crippen molar-refractivity contribution in [3.05, 3.63) is 69.9 Å². The zero-order valence-electron chi connectivity index (χ0n) is 11.2. The number of nitrogens with two attached hydrogens (primary N) is 1. The van der Waals surface area contributed by atoms with Gasteiger partial charge in [-0.05, 0) is 48.6 Å². The van der Waals surface area contributed by atoms with Crippen LogP contribution in [0.3, 0.4) is 0 Å². The van der Waals surface area contributed by atoms with Crippen molar-refractivity contribution >= 4 is 15.9 Å². The molecule has 1 unspecified atom stereocenters. The fourth-order valence-electron chi connectivity index (χ4n) is 2.91. The standard InChI is InChI=1S/C17H17BrFN/c18-15-7-6-14(19)10-12(15)11-16(20)17(8-9-17)13-4-2-1-3-5-13/h1-7,10,16H,8-9,11,20H2. The van der Waals surface area contributed by atoms with Crippen molar-refractivity contribution in [1.29, 1.82) is 0 Å². The minimum absolute atomic E-state index is 0.0167. The first-order chi connectivity index (χ1) is 9.62. The van der Waals surface area contributed by atoms with Crippen LogP contribution in [-0.2, 0) is 11.8 Å². The van der Waals surface area contributed by atoms with Gasteiger partial charge >= 0.3 is 0 Å².